The van der Waals surface area contributed by atoms with Crippen LogP contribution in [0.5, 0.6) is 0 Å². The number of morpholine rings is 1. The van der Waals surface area contributed by atoms with Gasteiger partial charge in [-0.2, -0.15) is 4.98 Å². The standard InChI is InChI=1S/C18H19N5O3/c1-2-12-3-5-13(6-4-12)21-17(24)15-14-16(23-7-9-25-10-8-23)19-11-20-18(14)26-22-15/h3-6,11H,2,7-10H2,1H3,(H,21,24). The van der Waals surface area contributed by atoms with Crippen molar-refractivity contribution in [2.75, 3.05) is 36.5 Å². The van der Waals surface area contributed by atoms with E-state index in [0.29, 0.717) is 48.9 Å². The first-order chi connectivity index (χ1) is 12.8. The van der Waals surface area contributed by atoms with E-state index in [2.05, 4.69) is 32.3 Å². The predicted octanol–water partition coefficient (Wildman–Crippen LogP) is 2.27. The van der Waals surface area contributed by atoms with E-state index in [1.807, 2.05) is 24.3 Å². The average molecular weight is 353 g/mol. The second kappa shape index (κ2) is 7.09. The Labute approximate surface area is 150 Å². The van der Waals surface area contributed by atoms with Gasteiger partial charge in [-0.05, 0) is 24.1 Å². The molecule has 1 N–H and O–H groups in total. The molecule has 134 valence electrons. The molecule has 3 heterocycles. The van der Waals surface area contributed by atoms with Crippen molar-refractivity contribution in [3.8, 4) is 0 Å². The fourth-order valence-electron chi connectivity index (χ4n) is 2.96. The molecular weight excluding hydrogens is 334 g/mol. The van der Waals surface area contributed by atoms with Crippen LogP contribution in [0.1, 0.15) is 23.0 Å². The van der Waals surface area contributed by atoms with Crippen molar-refractivity contribution in [3.63, 3.8) is 0 Å². The summed E-state index contributed by atoms with van der Waals surface area (Å²) in [6, 6.07) is 7.72. The number of carbonyl (C=O) groups is 1. The summed E-state index contributed by atoms with van der Waals surface area (Å²) in [4.78, 5) is 23.2. The highest BCUT2D eigenvalue weighted by atomic mass is 16.5. The number of nitrogens with one attached hydrogen (secondary N) is 1. The van der Waals surface area contributed by atoms with Crippen LogP contribution in [0.4, 0.5) is 11.5 Å². The van der Waals surface area contributed by atoms with Gasteiger partial charge in [-0.1, -0.05) is 24.2 Å². The molecule has 2 aromatic heterocycles. The van der Waals surface area contributed by atoms with Crippen molar-refractivity contribution >= 4 is 28.5 Å². The highest BCUT2D eigenvalue weighted by Crippen LogP contribution is 2.27. The lowest BCUT2D eigenvalue weighted by Crippen LogP contribution is -2.37. The minimum Gasteiger partial charge on any atom is -0.378 e. The molecule has 0 aliphatic carbocycles. The van der Waals surface area contributed by atoms with Gasteiger partial charge in [-0.15, -0.1) is 0 Å². The second-order valence-corrected chi connectivity index (χ2v) is 6.01. The summed E-state index contributed by atoms with van der Waals surface area (Å²) >= 11 is 0. The van der Waals surface area contributed by atoms with Crippen molar-refractivity contribution < 1.29 is 14.1 Å². The van der Waals surface area contributed by atoms with Crippen LogP contribution < -0.4 is 10.2 Å². The van der Waals surface area contributed by atoms with Crippen LogP contribution in [0.25, 0.3) is 11.1 Å². The maximum Gasteiger partial charge on any atom is 0.278 e. The first kappa shape index (κ1) is 16.5. The summed E-state index contributed by atoms with van der Waals surface area (Å²) in [6.45, 7) is 4.69. The molecule has 1 saturated heterocycles. The SMILES string of the molecule is CCc1ccc(NC(=O)c2noc3ncnc(N4CCOCC4)c23)cc1. The van der Waals surface area contributed by atoms with E-state index in [1.54, 1.807) is 0 Å². The van der Waals surface area contributed by atoms with Crippen LogP contribution in [0.15, 0.2) is 35.1 Å². The molecule has 0 unspecified atom stereocenters. The third-order valence-electron chi connectivity index (χ3n) is 4.40. The highest BCUT2D eigenvalue weighted by molar-refractivity contribution is 6.12. The van der Waals surface area contributed by atoms with E-state index >= 15 is 0 Å². The summed E-state index contributed by atoms with van der Waals surface area (Å²) in [6.07, 6.45) is 2.37. The predicted molar refractivity (Wildman–Crippen MR) is 96.4 cm³/mol. The van der Waals surface area contributed by atoms with E-state index in [-0.39, 0.29) is 11.6 Å². The first-order valence-corrected chi connectivity index (χ1v) is 8.59. The molecular formula is C18H19N5O3. The van der Waals surface area contributed by atoms with E-state index in [1.165, 1.54) is 11.9 Å². The lowest BCUT2D eigenvalue weighted by atomic mass is 10.1. The molecule has 3 aromatic rings. The number of nitrogens with zero attached hydrogens (tertiary/aromatic N) is 4. The van der Waals surface area contributed by atoms with E-state index in [0.717, 1.165) is 6.42 Å². The van der Waals surface area contributed by atoms with Crippen LogP contribution in [0.2, 0.25) is 0 Å². The topological polar surface area (TPSA) is 93.4 Å². The van der Waals surface area contributed by atoms with E-state index < -0.39 is 0 Å². The summed E-state index contributed by atoms with van der Waals surface area (Å²) in [5.74, 6) is 0.295. The van der Waals surface area contributed by atoms with Gasteiger partial charge in [0, 0.05) is 18.8 Å². The Bertz CT molecular complexity index is 916. The number of ether oxygens (including phenoxy) is 1. The summed E-state index contributed by atoms with van der Waals surface area (Å²) in [5, 5.41) is 7.32. The van der Waals surface area contributed by atoms with E-state index in [9.17, 15) is 4.79 Å². The Morgan fingerprint density at radius 3 is 2.69 bits per heavy atom. The van der Waals surface area contributed by atoms with Gasteiger partial charge >= 0.3 is 0 Å². The summed E-state index contributed by atoms with van der Waals surface area (Å²) in [5.41, 5.74) is 2.39. The van der Waals surface area contributed by atoms with Gasteiger partial charge < -0.3 is 19.5 Å². The van der Waals surface area contributed by atoms with Gasteiger partial charge in [0.05, 0.1) is 13.2 Å². The molecule has 1 aliphatic heterocycles. The average Bonchev–Trinajstić information content (AvgIpc) is 3.13. The molecule has 1 fully saturated rings. The molecule has 4 rings (SSSR count). The molecule has 0 radical (unpaired) electrons. The molecule has 8 heteroatoms. The molecule has 0 spiro atoms. The quantitative estimate of drug-likeness (QED) is 0.769. The van der Waals surface area contributed by atoms with Gasteiger partial charge in [0.1, 0.15) is 17.5 Å². The maximum atomic E-state index is 12.7. The van der Waals surface area contributed by atoms with Gasteiger partial charge in [0.25, 0.3) is 11.6 Å². The van der Waals surface area contributed by atoms with Crippen LogP contribution in [-0.4, -0.2) is 47.3 Å². The molecule has 1 aliphatic rings. The van der Waals surface area contributed by atoms with Crippen molar-refractivity contribution in [1.29, 1.82) is 0 Å². The number of aryl methyl sites for hydroxylation is 1. The zero-order valence-electron chi connectivity index (χ0n) is 14.4. The fraction of sp³-hybridized carbons (Fsp3) is 0.333. The third kappa shape index (κ3) is 3.11. The zero-order valence-corrected chi connectivity index (χ0v) is 14.4. The summed E-state index contributed by atoms with van der Waals surface area (Å²) < 4.78 is 10.6. The summed E-state index contributed by atoms with van der Waals surface area (Å²) in [7, 11) is 0. The number of rotatable bonds is 4. The Balaban J connectivity index is 1.65. The van der Waals surface area contributed by atoms with Crippen LogP contribution in [0, 0.1) is 0 Å². The van der Waals surface area contributed by atoms with Gasteiger partial charge in [0.15, 0.2) is 5.69 Å². The highest BCUT2D eigenvalue weighted by Gasteiger charge is 2.25. The number of benzene rings is 1. The normalized spacial score (nSPS) is 14.6. The van der Waals surface area contributed by atoms with Gasteiger partial charge in [-0.25, -0.2) is 4.98 Å². The monoisotopic (exact) mass is 353 g/mol. The number of anilines is 2. The number of hydrogen-bond donors (Lipinski definition) is 1. The molecule has 0 bridgehead atoms. The van der Waals surface area contributed by atoms with Gasteiger partial charge in [-0.3, -0.25) is 4.79 Å². The number of amides is 1. The minimum atomic E-state index is -0.350. The third-order valence-corrected chi connectivity index (χ3v) is 4.40. The molecule has 8 nitrogen and oxygen atoms in total. The number of aromatic nitrogens is 3. The molecule has 1 amide bonds. The number of hydrogen-bond acceptors (Lipinski definition) is 7. The second-order valence-electron chi connectivity index (χ2n) is 6.01. The number of carbonyl (C=O) groups excluding carboxylic acids is 1. The molecule has 1 aromatic carbocycles. The molecule has 0 saturated carbocycles. The zero-order chi connectivity index (χ0) is 17.9. The lowest BCUT2D eigenvalue weighted by molar-refractivity contribution is 0.102. The van der Waals surface area contributed by atoms with Crippen molar-refractivity contribution in [3.05, 3.63) is 41.9 Å². The van der Waals surface area contributed by atoms with Crippen LogP contribution in [0.3, 0.4) is 0 Å². The van der Waals surface area contributed by atoms with Crippen molar-refractivity contribution in [2.45, 2.75) is 13.3 Å². The smallest absolute Gasteiger partial charge is 0.278 e. The Kier molecular flexibility index (Phi) is 4.49. The van der Waals surface area contributed by atoms with Crippen molar-refractivity contribution in [2.24, 2.45) is 0 Å². The fourth-order valence-corrected chi connectivity index (χ4v) is 2.96. The Hall–Kier alpha value is -3.00. The van der Waals surface area contributed by atoms with Crippen LogP contribution in [-0.2, 0) is 11.2 Å². The molecule has 0 atom stereocenters. The minimum absolute atomic E-state index is 0.182. The van der Waals surface area contributed by atoms with Gasteiger partial charge in [0.2, 0.25) is 0 Å². The van der Waals surface area contributed by atoms with Crippen LogP contribution >= 0.6 is 0 Å². The van der Waals surface area contributed by atoms with Crippen molar-refractivity contribution in [1.82, 2.24) is 15.1 Å². The maximum absolute atomic E-state index is 12.7. The Morgan fingerprint density at radius 2 is 1.96 bits per heavy atom. The lowest BCUT2D eigenvalue weighted by Gasteiger charge is -2.27. The largest absolute Gasteiger partial charge is 0.378 e. The molecule has 26 heavy (non-hydrogen) atoms. The number of fused-ring (bicyclic) bond motifs is 1. The first-order valence-electron chi connectivity index (χ1n) is 8.59. The van der Waals surface area contributed by atoms with E-state index in [4.69, 9.17) is 9.26 Å². The Morgan fingerprint density at radius 1 is 1.19 bits per heavy atom.